The van der Waals surface area contributed by atoms with Crippen LogP contribution in [0.25, 0.3) is 0 Å². The van der Waals surface area contributed by atoms with E-state index in [4.69, 9.17) is 127 Å². The molecule has 512 valence electrons. The van der Waals surface area contributed by atoms with Gasteiger partial charge < -0.3 is 145 Å². The summed E-state index contributed by atoms with van der Waals surface area (Å²) in [5.74, 6) is -5.34. The molecule has 10 heterocycles. The minimum atomic E-state index is -1.98. The smallest absolute Gasteiger partial charge is 0.342 e. The molecular formula is C57H84Cl2O31. The summed E-state index contributed by atoms with van der Waals surface area (Å²) in [6, 6.07) is 0. The summed E-state index contributed by atoms with van der Waals surface area (Å²) in [5, 5.41) is 91.0. The predicted octanol–water partition coefficient (Wildman–Crippen LogP) is -0.363. The van der Waals surface area contributed by atoms with Crippen molar-refractivity contribution in [3.63, 3.8) is 0 Å². The number of methoxy groups -OCH3 is 4. The van der Waals surface area contributed by atoms with E-state index in [1.54, 1.807) is 34.6 Å². The molecule has 0 aliphatic carbocycles. The first-order valence-electron chi connectivity index (χ1n) is 30.0. The summed E-state index contributed by atoms with van der Waals surface area (Å²) in [6.07, 6.45) is -33.3. The molecule has 10 aliphatic rings. The number of phenols is 1. The van der Waals surface area contributed by atoms with Crippen molar-refractivity contribution < 1.29 is 150 Å². The van der Waals surface area contributed by atoms with Crippen LogP contribution in [0.3, 0.4) is 0 Å². The van der Waals surface area contributed by atoms with Gasteiger partial charge in [-0.05, 0) is 61.0 Å². The lowest BCUT2D eigenvalue weighted by Gasteiger charge is -2.51. The Morgan fingerprint density at radius 3 is 2.02 bits per heavy atom. The maximum atomic E-state index is 13.5. The standard InChI is InChI=1S/C57H84Cl2O31/c1-19-32(44(71-11)34(59)35(63)33(19)58)50(67)82-39-20(2)76-30(13-26(39)61)80-40-22(4)85-55(14-27(40)62)89-47-23(5)77-31(15-54(47,8)90-55)81-45-38(66)52(78-21(3)41(45)70-10)83-42-28(16-69-9)79-53(46(72-12)36(42)64)84-51-37(65)43-29(17-73-51)87-57(88-43)49-48(74-18-75-49)56(68,24(6)60)25(7)86-57/h20-31,36-43,45-49,51-53,60-66,68H,13-18H2,1-12H3. The molecule has 90 heavy (non-hydrogen) atoms. The number of aliphatic hydroxyl groups is 7. The zero-order valence-corrected chi connectivity index (χ0v) is 53.1. The van der Waals surface area contributed by atoms with Crippen LogP contribution >= 0.6 is 23.2 Å². The number of aliphatic hydroxyl groups excluding tert-OH is 6. The molecule has 31 nitrogen and oxygen atoms in total. The normalized spacial score (nSPS) is 49.7. The number of rotatable bonds is 16. The van der Waals surface area contributed by atoms with Crippen LogP contribution in [0, 0.1) is 6.92 Å². The number of aromatic hydroxyl groups is 1. The molecular weight excluding hydrogens is 1250 g/mol. The number of halogens is 2. The SMILES string of the molecule is COCC1OC(OC2OCC3OC4(OC3C2O)OC(C)C(O)(C(C)O)C2OCOC24)C(OC)C(O)C1OC1OC(C)C(OC)C(OC2CC3(C)OC4(CC(O)C(OC5CC(O)C(OC(=O)c6c(C)c(Cl)c(O)c(Cl)c6OC)C(C)O5)C(C)O4)OC3C(C)O2)C1O. The van der Waals surface area contributed by atoms with Gasteiger partial charge in [0.2, 0.25) is 0 Å². The number of hydrogen-bond donors (Lipinski definition) is 8. The second kappa shape index (κ2) is 26.7. The molecule has 11 rings (SSSR count). The van der Waals surface area contributed by atoms with Gasteiger partial charge in [-0.3, -0.25) is 0 Å². The zero-order valence-electron chi connectivity index (χ0n) is 51.6. The Labute approximate surface area is 528 Å². The van der Waals surface area contributed by atoms with Gasteiger partial charge in [0, 0.05) is 34.2 Å². The summed E-state index contributed by atoms with van der Waals surface area (Å²) >= 11 is 12.5. The minimum Gasteiger partial charge on any atom is -0.505 e. The second-order valence-electron chi connectivity index (χ2n) is 24.8. The number of hydrogen-bond acceptors (Lipinski definition) is 31. The number of phenolic OH excluding ortho intramolecular Hbond substituents is 1. The summed E-state index contributed by atoms with van der Waals surface area (Å²) in [6.45, 7) is 12.2. The van der Waals surface area contributed by atoms with Crippen LogP contribution in [-0.4, -0.2) is 290 Å². The second-order valence-corrected chi connectivity index (χ2v) is 25.6. The first-order chi connectivity index (χ1) is 42.6. The fourth-order valence-electron chi connectivity index (χ4n) is 14.3. The van der Waals surface area contributed by atoms with Crippen molar-refractivity contribution in [2.24, 2.45) is 0 Å². The van der Waals surface area contributed by atoms with Gasteiger partial charge in [0.25, 0.3) is 5.97 Å². The van der Waals surface area contributed by atoms with Crippen LogP contribution in [0.15, 0.2) is 0 Å². The van der Waals surface area contributed by atoms with Crippen LogP contribution in [-0.2, 0) is 99.5 Å². The van der Waals surface area contributed by atoms with E-state index in [0.717, 1.165) is 0 Å². The van der Waals surface area contributed by atoms with E-state index in [-0.39, 0.29) is 66.2 Å². The van der Waals surface area contributed by atoms with Gasteiger partial charge in [-0.25, -0.2) is 4.79 Å². The quantitative estimate of drug-likeness (QED) is 0.0980. The molecule has 10 saturated heterocycles. The van der Waals surface area contributed by atoms with E-state index in [9.17, 15) is 45.6 Å². The summed E-state index contributed by atoms with van der Waals surface area (Å²) in [4.78, 5) is 13.5. The van der Waals surface area contributed by atoms with E-state index in [1.165, 1.54) is 49.2 Å². The Hall–Kier alpha value is -2.21. The molecule has 32 unspecified atom stereocenters. The molecule has 0 saturated carbocycles. The highest BCUT2D eigenvalue weighted by Crippen LogP contribution is 2.53. The molecule has 0 amide bonds. The summed E-state index contributed by atoms with van der Waals surface area (Å²) < 4.78 is 134. The third-order valence-electron chi connectivity index (χ3n) is 18.8. The van der Waals surface area contributed by atoms with Gasteiger partial charge in [0.05, 0.1) is 80.6 Å². The highest BCUT2D eigenvalue weighted by molar-refractivity contribution is 6.39. The van der Waals surface area contributed by atoms with Gasteiger partial charge >= 0.3 is 11.9 Å². The van der Waals surface area contributed by atoms with Crippen molar-refractivity contribution in [2.75, 3.05) is 48.4 Å². The van der Waals surface area contributed by atoms with Crippen LogP contribution in [0.2, 0.25) is 10.0 Å². The highest BCUT2D eigenvalue weighted by atomic mass is 35.5. The van der Waals surface area contributed by atoms with Gasteiger partial charge in [-0.1, -0.05) is 23.2 Å². The van der Waals surface area contributed by atoms with E-state index in [2.05, 4.69) is 0 Å². The Bertz CT molecular complexity index is 2660. The lowest BCUT2D eigenvalue weighted by molar-refractivity contribution is -0.439. The Kier molecular flexibility index (Phi) is 20.5. The van der Waals surface area contributed by atoms with Gasteiger partial charge in [-0.2, -0.15) is 0 Å². The molecule has 2 spiro atoms. The van der Waals surface area contributed by atoms with Crippen LogP contribution < -0.4 is 4.74 Å². The van der Waals surface area contributed by atoms with Crippen molar-refractivity contribution in [3.8, 4) is 11.5 Å². The van der Waals surface area contributed by atoms with E-state index >= 15 is 0 Å². The molecule has 0 bridgehead atoms. The Morgan fingerprint density at radius 1 is 0.667 bits per heavy atom. The average Bonchev–Trinajstić information content (AvgIpc) is 1.53. The number of esters is 1. The highest BCUT2D eigenvalue weighted by Gasteiger charge is 2.72. The largest absolute Gasteiger partial charge is 0.505 e. The topological polar surface area (TPSA) is 382 Å². The van der Waals surface area contributed by atoms with Crippen molar-refractivity contribution >= 4 is 29.2 Å². The van der Waals surface area contributed by atoms with Crippen molar-refractivity contribution in [1.82, 2.24) is 0 Å². The number of carbonyl (C=O) groups excluding carboxylic acids is 1. The number of benzene rings is 1. The molecule has 10 fully saturated rings. The number of carbonyl (C=O) groups is 1. The van der Waals surface area contributed by atoms with Gasteiger partial charge in [-0.15, -0.1) is 0 Å². The summed E-state index contributed by atoms with van der Waals surface area (Å²) in [7, 11) is 5.38. The first-order valence-corrected chi connectivity index (χ1v) is 30.8. The molecule has 32 atom stereocenters. The third-order valence-corrected chi connectivity index (χ3v) is 19.7. The van der Waals surface area contributed by atoms with Gasteiger partial charge in [0.15, 0.2) is 55.2 Å². The molecule has 1 aromatic rings. The Balaban J connectivity index is 0.701. The molecule has 1 aromatic carbocycles. The lowest BCUT2D eigenvalue weighted by Crippen LogP contribution is -2.72. The van der Waals surface area contributed by atoms with Gasteiger partial charge in [0.1, 0.15) is 108 Å². The average molecular weight is 1340 g/mol. The number of ether oxygens (including phenoxy) is 22. The van der Waals surface area contributed by atoms with E-state index in [0.29, 0.717) is 0 Å². The lowest BCUT2D eigenvalue weighted by atomic mass is 9.80. The van der Waals surface area contributed by atoms with Crippen molar-refractivity contribution in [3.05, 3.63) is 21.2 Å². The fraction of sp³-hybridized carbons (Fsp3) is 0.877. The van der Waals surface area contributed by atoms with Crippen LogP contribution in [0.5, 0.6) is 11.5 Å². The zero-order chi connectivity index (χ0) is 65.0. The maximum Gasteiger partial charge on any atom is 0.342 e. The molecule has 0 aromatic heterocycles. The van der Waals surface area contributed by atoms with Crippen molar-refractivity contribution in [1.29, 1.82) is 0 Å². The molecule has 33 heteroatoms. The monoisotopic (exact) mass is 1330 g/mol. The van der Waals surface area contributed by atoms with Crippen LogP contribution in [0.4, 0.5) is 0 Å². The predicted molar refractivity (Wildman–Crippen MR) is 295 cm³/mol. The maximum absolute atomic E-state index is 13.5. The fourth-order valence-corrected chi connectivity index (χ4v) is 14.8. The summed E-state index contributed by atoms with van der Waals surface area (Å²) in [5.41, 5.74) is -3.08. The molecule has 0 radical (unpaired) electrons. The van der Waals surface area contributed by atoms with E-state index < -0.39 is 207 Å². The van der Waals surface area contributed by atoms with E-state index in [1.807, 2.05) is 0 Å². The molecule has 10 aliphatic heterocycles. The van der Waals surface area contributed by atoms with Crippen molar-refractivity contribution in [2.45, 2.75) is 270 Å². The molecule has 8 N–H and O–H groups in total. The third kappa shape index (κ3) is 12.2. The van der Waals surface area contributed by atoms with Crippen LogP contribution in [0.1, 0.15) is 83.7 Å². The number of fused-ring (bicyclic) bond motifs is 4. The first kappa shape index (κ1) is 69.2. The minimum absolute atomic E-state index is 0.0169. The Morgan fingerprint density at radius 2 is 1.36 bits per heavy atom.